The maximum absolute atomic E-state index is 2.31. The summed E-state index contributed by atoms with van der Waals surface area (Å²) in [6, 6.07) is 6.78. The Hall–Kier alpha value is -0.780. The van der Waals surface area contributed by atoms with Crippen molar-refractivity contribution in [2.24, 2.45) is 0 Å². The predicted molar refractivity (Wildman–Crippen MR) is 56.6 cm³/mol. The molecule has 0 saturated carbocycles. The molecule has 0 aliphatic carbocycles. The van der Waals surface area contributed by atoms with E-state index in [1.54, 1.807) is 0 Å². The van der Waals surface area contributed by atoms with Crippen molar-refractivity contribution in [2.45, 2.75) is 40.0 Å². The number of hydrogen-bond donors (Lipinski definition) is 0. The second kappa shape index (κ2) is 4.30. The van der Waals surface area contributed by atoms with Crippen molar-refractivity contribution in [1.82, 2.24) is 0 Å². The summed E-state index contributed by atoms with van der Waals surface area (Å²) in [6.45, 7) is 6.59. The molecule has 0 saturated heterocycles. The van der Waals surface area contributed by atoms with Crippen molar-refractivity contribution >= 4 is 0 Å². The fourth-order valence-electron chi connectivity index (χ4n) is 1.34. The van der Waals surface area contributed by atoms with E-state index in [1.165, 1.54) is 36.0 Å². The van der Waals surface area contributed by atoms with E-state index in [4.69, 9.17) is 0 Å². The normalized spacial score (nSPS) is 10.2. The molecular weight excluding hydrogens is 144 g/mol. The molecule has 0 heteroatoms. The van der Waals surface area contributed by atoms with Crippen molar-refractivity contribution in [3.05, 3.63) is 34.9 Å². The summed E-state index contributed by atoms with van der Waals surface area (Å²) in [4.78, 5) is 0. The Kier molecular flexibility index (Phi) is 3.33. The minimum absolute atomic E-state index is 0. The van der Waals surface area contributed by atoms with Crippen LogP contribution in [0.3, 0.4) is 0 Å². The SMILES string of the molecule is CCCCc1ccc(C)c(C)c1.[HH]. The Bertz CT molecular complexity index is 253. The molecule has 1 aromatic rings. The summed E-state index contributed by atoms with van der Waals surface area (Å²) in [5, 5.41) is 0. The molecule has 0 radical (unpaired) electrons. The molecule has 0 spiro atoms. The van der Waals surface area contributed by atoms with Gasteiger partial charge < -0.3 is 0 Å². The van der Waals surface area contributed by atoms with E-state index >= 15 is 0 Å². The summed E-state index contributed by atoms with van der Waals surface area (Å²) in [7, 11) is 0. The van der Waals surface area contributed by atoms with E-state index in [1.807, 2.05) is 0 Å². The van der Waals surface area contributed by atoms with Crippen molar-refractivity contribution in [1.29, 1.82) is 0 Å². The highest BCUT2D eigenvalue weighted by molar-refractivity contribution is 5.29. The molecule has 0 bridgehead atoms. The van der Waals surface area contributed by atoms with Gasteiger partial charge in [-0.3, -0.25) is 0 Å². The quantitative estimate of drug-likeness (QED) is 0.635. The summed E-state index contributed by atoms with van der Waals surface area (Å²) in [6.07, 6.45) is 3.83. The average Bonchev–Trinajstić information content (AvgIpc) is 2.07. The molecule has 0 heterocycles. The number of aryl methyl sites for hydroxylation is 3. The molecule has 0 amide bonds. The molecule has 0 unspecified atom stereocenters. The topological polar surface area (TPSA) is 0 Å². The van der Waals surface area contributed by atoms with Crippen LogP contribution in [0.15, 0.2) is 18.2 Å². The Morgan fingerprint density at radius 3 is 2.50 bits per heavy atom. The molecule has 0 aliphatic heterocycles. The van der Waals surface area contributed by atoms with Crippen LogP contribution in [0.4, 0.5) is 0 Å². The monoisotopic (exact) mass is 164 g/mol. The van der Waals surface area contributed by atoms with Gasteiger partial charge in [-0.2, -0.15) is 0 Å². The standard InChI is InChI=1S/C12H18.H2/c1-4-5-6-12-8-7-10(2)11(3)9-12;/h7-9H,4-6H2,1-3H3;1H. The van der Waals surface area contributed by atoms with Crippen LogP contribution < -0.4 is 0 Å². The molecule has 0 atom stereocenters. The highest BCUT2D eigenvalue weighted by atomic mass is 14.0. The molecule has 0 fully saturated rings. The maximum Gasteiger partial charge on any atom is 0 e. The molecule has 1 aromatic carbocycles. The number of unbranched alkanes of at least 4 members (excludes halogenated alkanes) is 1. The zero-order valence-corrected chi connectivity index (χ0v) is 8.35. The maximum atomic E-state index is 2.31. The second-order valence-electron chi connectivity index (χ2n) is 3.52. The first kappa shape index (κ1) is 9.31. The number of hydrogen-bond acceptors (Lipinski definition) is 0. The van der Waals surface area contributed by atoms with Crippen molar-refractivity contribution < 1.29 is 1.43 Å². The average molecular weight is 164 g/mol. The summed E-state index contributed by atoms with van der Waals surface area (Å²) in [5.74, 6) is 0. The van der Waals surface area contributed by atoms with Gasteiger partial charge in [0.15, 0.2) is 0 Å². The van der Waals surface area contributed by atoms with Crippen LogP contribution in [0.1, 0.15) is 37.9 Å². The molecule has 68 valence electrons. The first-order valence-electron chi connectivity index (χ1n) is 4.80. The predicted octanol–water partition coefficient (Wildman–Crippen LogP) is 3.89. The van der Waals surface area contributed by atoms with E-state index in [9.17, 15) is 0 Å². The van der Waals surface area contributed by atoms with Crippen LogP contribution in [-0.2, 0) is 6.42 Å². The van der Waals surface area contributed by atoms with Crippen LogP contribution >= 0.6 is 0 Å². The van der Waals surface area contributed by atoms with E-state index in [2.05, 4.69) is 39.0 Å². The van der Waals surface area contributed by atoms with Gasteiger partial charge in [0.05, 0.1) is 0 Å². The Morgan fingerprint density at radius 2 is 1.92 bits per heavy atom. The highest BCUT2D eigenvalue weighted by Gasteiger charge is 1.95. The molecule has 12 heavy (non-hydrogen) atoms. The van der Waals surface area contributed by atoms with Gasteiger partial charge in [-0.1, -0.05) is 31.5 Å². The lowest BCUT2D eigenvalue weighted by Gasteiger charge is -2.03. The minimum Gasteiger partial charge on any atom is -0.0654 e. The van der Waals surface area contributed by atoms with Gasteiger partial charge in [-0.05, 0) is 43.4 Å². The van der Waals surface area contributed by atoms with Gasteiger partial charge >= 0.3 is 0 Å². The molecule has 0 aromatic heterocycles. The van der Waals surface area contributed by atoms with Gasteiger partial charge in [0.2, 0.25) is 0 Å². The van der Waals surface area contributed by atoms with E-state index in [0.717, 1.165) is 0 Å². The van der Waals surface area contributed by atoms with Gasteiger partial charge in [-0.25, -0.2) is 0 Å². The Morgan fingerprint density at radius 1 is 1.17 bits per heavy atom. The number of benzene rings is 1. The first-order valence-corrected chi connectivity index (χ1v) is 4.80. The Labute approximate surface area is 77.1 Å². The first-order chi connectivity index (χ1) is 5.74. The fourth-order valence-corrected chi connectivity index (χ4v) is 1.34. The van der Waals surface area contributed by atoms with Gasteiger partial charge in [-0.15, -0.1) is 0 Å². The van der Waals surface area contributed by atoms with Gasteiger partial charge in [0.1, 0.15) is 0 Å². The van der Waals surface area contributed by atoms with E-state index in [0.29, 0.717) is 0 Å². The lowest BCUT2D eigenvalue weighted by atomic mass is 10.0. The van der Waals surface area contributed by atoms with Crippen LogP contribution in [-0.4, -0.2) is 0 Å². The highest BCUT2D eigenvalue weighted by Crippen LogP contribution is 2.11. The smallest absolute Gasteiger partial charge is 0 e. The van der Waals surface area contributed by atoms with E-state index in [-0.39, 0.29) is 1.43 Å². The lowest BCUT2D eigenvalue weighted by molar-refractivity contribution is 0.794. The van der Waals surface area contributed by atoms with Crippen molar-refractivity contribution in [2.75, 3.05) is 0 Å². The van der Waals surface area contributed by atoms with Gasteiger partial charge in [0.25, 0.3) is 0 Å². The molecule has 0 aliphatic rings. The van der Waals surface area contributed by atoms with E-state index < -0.39 is 0 Å². The van der Waals surface area contributed by atoms with Crippen LogP contribution in [0, 0.1) is 13.8 Å². The zero-order valence-electron chi connectivity index (χ0n) is 8.35. The third-order valence-electron chi connectivity index (χ3n) is 2.39. The fraction of sp³-hybridized carbons (Fsp3) is 0.500. The van der Waals surface area contributed by atoms with Crippen LogP contribution in [0.2, 0.25) is 0 Å². The molecular formula is C12H20. The second-order valence-corrected chi connectivity index (χ2v) is 3.52. The van der Waals surface area contributed by atoms with Crippen LogP contribution in [0.25, 0.3) is 0 Å². The summed E-state index contributed by atoms with van der Waals surface area (Å²) >= 11 is 0. The third kappa shape index (κ3) is 2.37. The Balaban J connectivity index is 0.00000144. The molecule has 1 rings (SSSR count). The van der Waals surface area contributed by atoms with Gasteiger partial charge in [0, 0.05) is 1.43 Å². The van der Waals surface area contributed by atoms with Crippen molar-refractivity contribution in [3.8, 4) is 0 Å². The summed E-state index contributed by atoms with van der Waals surface area (Å²) in [5.41, 5.74) is 4.30. The largest absolute Gasteiger partial charge is 0.0654 e. The van der Waals surface area contributed by atoms with Crippen molar-refractivity contribution in [3.63, 3.8) is 0 Å². The summed E-state index contributed by atoms with van der Waals surface area (Å²) < 4.78 is 0. The minimum atomic E-state index is 0. The lowest BCUT2D eigenvalue weighted by Crippen LogP contribution is -1.87. The zero-order chi connectivity index (χ0) is 8.97. The molecule has 0 N–H and O–H groups in total. The van der Waals surface area contributed by atoms with Crippen LogP contribution in [0.5, 0.6) is 0 Å². The molecule has 0 nitrogen and oxygen atoms in total. The number of rotatable bonds is 3. The third-order valence-corrected chi connectivity index (χ3v) is 2.39.